The minimum Gasteiger partial charge on any atom is -0.384 e. The van der Waals surface area contributed by atoms with E-state index in [0.29, 0.717) is 0 Å². The predicted octanol–water partition coefficient (Wildman–Crippen LogP) is 5.01. The molecule has 164 valence electrons. The number of nitrogens with zero attached hydrogens (tertiary/aromatic N) is 2. The van der Waals surface area contributed by atoms with Crippen molar-refractivity contribution in [2.24, 2.45) is 0 Å². The minimum absolute atomic E-state index is 1.01. The van der Waals surface area contributed by atoms with Crippen molar-refractivity contribution in [1.29, 1.82) is 0 Å². The Kier molecular flexibility index (Phi) is 6.73. The zero-order valence-electron chi connectivity index (χ0n) is 18.6. The van der Waals surface area contributed by atoms with E-state index < -0.39 is 0 Å². The summed E-state index contributed by atoms with van der Waals surface area (Å²) in [5.74, 6) is 2.22. The monoisotopic (exact) mass is 444 g/mol. The Balaban J connectivity index is 1.38. The van der Waals surface area contributed by atoms with Gasteiger partial charge >= 0.3 is 0 Å². The molecule has 0 fully saturated rings. The lowest BCUT2D eigenvalue weighted by Crippen LogP contribution is -2.37. The van der Waals surface area contributed by atoms with Crippen LogP contribution in [0.4, 0.5) is 11.4 Å². The van der Waals surface area contributed by atoms with Gasteiger partial charge in [0, 0.05) is 37.4 Å². The van der Waals surface area contributed by atoms with Crippen LogP contribution in [0.25, 0.3) is 21.8 Å². The molecule has 5 heteroatoms. The number of hydrogen-bond donors (Lipinski definition) is 2. The first-order valence-electron chi connectivity index (χ1n) is 11.8. The number of aryl methyl sites for hydroxylation is 2. The zero-order valence-corrected chi connectivity index (χ0v) is 19.4. The quantitative estimate of drug-likeness (QED) is 0.374. The second kappa shape index (κ2) is 10.2. The van der Waals surface area contributed by atoms with Gasteiger partial charge < -0.3 is 10.6 Å². The van der Waals surface area contributed by atoms with E-state index in [4.69, 9.17) is 0 Å². The number of thioether (sulfide) groups is 1. The van der Waals surface area contributed by atoms with E-state index in [1.165, 1.54) is 52.4 Å². The third kappa shape index (κ3) is 4.68. The number of fused-ring (bicyclic) bond motifs is 12. The van der Waals surface area contributed by atoms with Crippen molar-refractivity contribution in [3.05, 3.63) is 73.1 Å². The van der Waals surface area contributed by atoms with Crippen molar-refractivity contribution in [3.63, 3.8) is 0 Å². The van der Waals surface area contributed by atoms with Gasteiger partial charge in [-0.2, -0.15) is 9.13 Å². The van der Waals surface area contributed by atoms with Gasteiger partial charge in [-0.05, 0) is 31.4 Å². The first-order valence-corrected chi connectivity index (χ1v) is 12.9. The molecular weight excluding hydrogens is 412 g/mol. The predicted molar refractivity (Wildman–Crippen MR) is 136 cm³/mol. The van der Waals surface area contributed by atoms with Crippen LogP contribution < -0.4 is 19.8 Å². The first-order chi connectivity index (χ1) is 15.9. The average Bonchev–Trinajstić information content (AvgIpc) is 2.84. The fourth-order valence-corrected chi connectivity index (χ4v) is 5.43. The molecule has 0 unspecified atom stereocenters. The lowest BCUT2D eigenvalue weighted by molar-refractivity contribution is -0.667. The number of aromatic nitrogens is 2. The van der Waals surface area contributed by atoms with Crippen molar-refractivity contribution in [1.82, 2.24) is 0 Å². The maximum atomic E-state index is 3.68. The molecule has 0 amide bonds. The second-order valence-corrected chi connectivity index (χ2v) is 9.63. The van der Waals surface area contributed by atoms with Crippen LogP contribution in [0.2, 0.25) is 0 Å². The summed E-state index contributed by atoms with van der Waals surface area (Å²) in [5, 5.41) is 10.00. The summed E-state index contributed by atoms with van der Waals surface area (Å²) < 4.78 is 4.80. The molecule has 32 heavy (non-hydrogen) atoms. The van der Waals surface area contributed by atoms with Gasteiger partial charge in [0.1, 0.15) is 0 Å². The largest absolute Gasteiger partial charge is 0.384 e. The van der Waals surface area contributed by atoms with Gasteiger partial charge in [0.05, 0.1) is 33.7 Å². The average molecular weight is 445 g/mol. The number of hydrogen-bond acceptors (Lipinski definition) is 3. The highest BCUT2D eigenvalue weighted by Crippen LogP contribution is 2.22. The van der Waals surface area contributed by atoms with E-state index in [-0.39, 0.29) is 0 Å². The van der Waals surface area contributed by atoms with Crippen molar-refractivity contribution >= 4 is 44.9 Å². The summed E-state index contributed by atoms with van der Waals surface area (Å²) >= 11 is 2.03. The number of para-hydroxylation sites is 2. The van der Waals surface area contributed by atoms with Crippen molar-refractivity contribution in [3.8, 4) is 0 Å². The molecule has 0 atom stereocenters. The molecule has 4 nitrogen and oxygen atoms in total. The summed E-state index contributed by atoms with van der Waals surface area (Å²) in [6.07, 6.45) is 8.06. The molecule has 0 spiro atoms. The first kappa shape index (κ1) is 21.1. The Bertz CT molecular complexity index is 1110. The molecule has 4 heterocycles. The highest BCUT2D eigenvalue weighted by Gasteiger charge is 2.14. The highest BCUT2D eigenvalue weighted by molar-refractivity contribution is 7.99. The SMILES string of the molecule is c1ccc2c(c1)c1cc[n+]2CCSCC[n+]2ccc(c3ccccc32)NCCCCCN1. The Morgan fingerprint density at radius 3 is 1.62 bits per heavy atom. The Morgan fingerprint density at radius 2 is 1.09 bits per heavy atom. The Morgan fingerprint density at radius 1 is 0.594 bits per heavy atom. The molecule has 0 radical (unpaired) electrons. The van der Waals surface area contributed by atoms with Gasteiger partial charge in [-0.15, -0.1) is 11.8 Å². The summed E-state index contributed by atoms with van der Waals surface area (Å²) in [4.78, 5) is 0. The number of benzene rings is 2. The number of rotatable bonds is 0. The smallest absolute Gasteiger partial charge is 0.214 e. The fourth-order valence-electron chi connectivity index (χ4n) is 4.57. The maximum absolute atomic E-state index is 3.68. The summed E-state index contributed by atoms with van der Waals surface area (Å²) in [6, 6.07) is 22.0. The molecule has 2 N–H and O–H groups in total. The number of nitrogens with one attached hydrogen (secondary N) is 2. The lowest BCUT2D eigenvalue weighted by Gasteiger charge is -2.12. The van der Waals surface area contributed by atoms with E-state index in [9.17, 15) is 0 Å². The maximum Gasteiger partial charge on any atom is 0.214 e. The van der Waals surface area contributed by atoms with Gasteiger partial charge in [-0.1, -0.05) is 24.3 Å². The van der Waals surface area contributed by atoms with E-state index in [2.05, 4.69) is 92.8 Å². The van der Waals surface area contributed by atoms with Gasteiger partial charge in [0.15, 0.2) is 25.5 Å². The van der Waals surface area contributed by atoms with Crippen LogP contribution in [0.1, 0.15) is 19.3 Å². The summed E-state index contributed by atoms with van der Waals surface area (Å²) in [7, 11) is 0. The van der Waals surface area contributed by atoms with Crippen LogP contribution >= 0.6 is 11.8 Å². The van der Waals surface area contributed by atoms with E-state index in [1.54, 1.807) is 0 Å². The molecule has 2 aromatic carbocycles. The molecule has 6 rings (SSSR count). The molecule has 2 aliphatic heterocycles. The van der Waals surface area contributed by atoms with Crippen molar-refractivity contribution in [2.75, 3.05) is 35.2 Å². The van der Waals surface area contributed by atoms with Crippen LogP contribution in [-0.4, -0.2) is 24.6 Å². The lowest BCUT2D eigenvalue weighted by atomic mass is 10.1. The van der Waals surface area contributed by atoms with Gasteiger partial charge in [-0.25, -0.2) is 0 Å². The van der Waals surface area contributed by atoms with Crippen LogP contribution in [0, 0.1) is 0 Å². The molecule has 0 aliphatic carbocycles. The molecule has 2 aliphatic rings. The van der Waals surface area contributed by atoms with Crippen molar-refractivity contribution in [2.45, 2.75) is 32.4 Å². The molecule has 4 bridgehead atoms. The third-order valence-corrected chi connectivity index (χ3v) is 7.23. The molecule has 2 aromatic heterocycles. The number of anilines is 2. The third-order valence-electron chi connectivity index (χ3n) is 6.29. The van der Waals surface area contributed by atoms with E-state index in [0.717, 1.165) is 37.7 Å². The molecule has 0 saturated carbocycles. The van der Waals surface area contributed by atoms with Crippen LogP contribution in [-0.2, 0) is 13.1 Å². The van der Waals surface area contributed by atoms with E-state index >= 15 is 0 Å². The van der Waals surface area contributed by atoms with Crippen LogP contribution in [0.5, 0.6) is 0 Å². The zero-order chi connectivity index (χ0) is 21.6. The summed E-state index contributed by atoms with van der Waals surface area (Å²) in [6.45, 7) is 4.08. The topological polar surface area (TPSA) is 31.8 Å². The molecular formula is C27H32N4S+2. The Hall–Kier alpha value is -2.79. The fraction of sp³-hybridized carbons (Fsp3) is 0.333. The second-order valence-electron chi connectivity index (χ2n) is 8.41. The standard InChI is InChI=1S/C27H30N4S/c1-6-14-28-24-12-16-30(26-10-4-2-8-22(24)26)18-20-32-21-19-31-17-13-25(29-15-7-1)23-9-3-5-11-27(23)31/h2-5,8-13,16-17H,1,6-7,14-15,18-21H2/p+2. The Labute approximate surface area is 194 Å². The van der Waals surface area contributed by atoms with Gasteiger partial charge in [0.2, 0.25) is 11.0 Å². The van der Waals surface area contributed by atoms with Gasteiger partial charge in [-0.3, -0.25) is 0 Å². The molecule has 4 aromatic rings. The van der Waals surface area contributed by atoms with Crippen LogP contribution in [0.15, 0.2) is 73.1 Å². The van der Waals surface area contributed by atoms with E-state index in [1.807, 2.05) is 11.8 Å². The molecule has 0 saturated heterocycles. The highest BCUT2D eigenvalue weighted by atomic mass is 32.2. The normalized spacial score (nSPS) is 16.0. The van der Waals surface area contributed by atoms with Crippen molar-refractivity contribution < 1.29 is 9.13 Å². The van der Waals surface area contributed by atoms with Crippen LogP contribution in [0.3, 0.4) is 0 Å². The number of pyridine rings is 2. The van der Waals surface area contributed by atoms with Gasteiger partial charge in [0.25, 0.3) is 0 Å². The minimum atomic E-state index is 1.01. The summed E-state index contributed by atoms with van der Waals surface area (Å²) in [5.41, 5.74) is 5.12.